The van der Waals surface area contributed by atoms with Crippen molar-refractivity contribution in [1.29, 1.82) is 0 Å². The van der Waals surface area contributed by atoms with E-state index in [1.54, 1.807) is 17.0 Å². The lowest BCUT2D eigenvalue weighted by molar-refractivity contribution is -0.384. The molecule has 0 aliphatic carbocycles. The van der Waals surface area contributed by atoms with Crippen molar-refractivity contribution in [3.63, 3.8) is 0 Å². The van der Waals surface area contributed by atoms with Gasteiger partial charge in [-0.05, 0) is 26.0 Å². The summed E-state index contributed by atoms with van der Waals surface area (Å²) in [6, 6.07) is 6.20. The predicted molar refractivity (Wildman–Crippen MR) is 89.6 cm³/mol. The molecule has 1 saturated heterocycles. The number of likely N-dealkylation sites (tertiary alicyclic amines) is 1. The average Bonchev–Trinajstić information content (AvgIpc) is 2.94. The van der Waals surface area contributed by atoms with Crippen LogP contribution >= 0.6 is 0 Å². The van der Waals surface area contributed by atoms with E-state index in [-0.39, 0.29) is 35.9 Å². The molecule has 1 heterocycles. The van der Waals surface area contributed by atoms with Gasteiger partial charge in [-0.1, -0.05) is 0 Å². The number of nitrogens with one attached hydrogen (secondary N) is 2. The lowest BCUT2D eigenvalue weighted by Gasteiger charge is -2.20. The molecule has 1 aliphatic heterocycles. The van der Waals surface area contributed by atoms with Crippen LogP contribution in [-0.2, 0) is 9.59 Å². The maximum Gasteiger partial charge on any atom is 0.269 e. The van der Waals surface area contributed by atoms with Gasteiger partial charge in [0.2, 0.25) is 11.8 Å². The summed E-state index contributed by atoms with van der Waals surface area (Å²) in [6.45, 7) is 5.26. The minimum absolute atomic E-state index is 0.0224. The van der Waals surface area contributed by atoms with Crippen LogP contribution < -0.4 is 10.6 Å². The molecule has 2 N–H and O–H groups in total. The van der Waals surface area contributed by atoms with Crippen LogP contribution in [0.1, 0.15) is 20.3 Å². The summed E-state index contributed by atoms with van der Waals surface area (Å²) in [6.07, 6.45) is 0.264. The summed E-state index contributed by atoms with van der Waals surface area (Å²) in [5.41, 5.74) is 0.784. The van der Waals surface area contributed by atoms with E-state index >= 15 is 0 Å². The second-order valence-corrected chi connectivity index (χ2v) is 6.06. The van der Waals surface area contributed by atoms with Gasteiger partial charge >= 0.3 is 0 Å². The third-order valence-corrected chi connectivity index (χ3v) is 3.98. The number of amides is 2. The van der Waals surface area contributed by atoms with Crippen LogP contribution in [0, 0.1) is 16.0 Å². The van der Waals surface area contributed by atoms with E-state index < -0.39 is 4.92 Å². The molecular weight excluding hydrogens is 312 g/mol. The molecule has 0 aromatic heterocycles. The van der Waals surface area contributed by atoms with Crippen LogP contribution in [0.5, 0.6) is 0 Å². The Balaban J connectivity index is 1.71. The van der Waals surface area contributed by atoms with Gasteiger partial charge in [-0.2, -0.15) is 0 Å². The summed E-state index contributed by atoms with van der Waals surface area (Å²) >= 11 is 0. The van der Waals surface area contributed by atoms with E-state index in [9.17, 15) is 19.7 Å². The first-order valence-corrected chi connectivity index (χ1v) is 7.94. The minimum Gasteiger partial charge on any atom is -0.383 e. The summed E-state index contributed by atoms with van der Waals surface area (Å²) in [5, 5.41) is 16.5. The SMILES string of the molecule is CC(C)N1C[C@@H](C(=O)NCCNc2ccc([N+](=O)[O-])cc2)CC1=O. The van der Waals surface area contributed by atoms with Crippen molar-refractivity contribution < 1.29 is 14.5 Å². The van der Waals surface area contributed by atoms with Crippen LogP contribution in [0.2, 0.25) is 0 Å². The van der Waals surface area contributed by atoms with Crippen molar-refractivity contribution in [1.82, 2.24) is 10.2 Å². The zero-order valence-corrected chi connectivity index (χ0v) is 13.8. The monoisotopic (exact) mass is 334 g/mol. The van der Waals surface area contributed by atoms with Gasteiger partial charge in [0, 0.05) is 49.9 Å². The molecule has 1 aromatic carbocycles. The smallest absolute Gasteiger partial charge is 0.269 e. The molecule has 2 rings (SSSR count). The number of nitrogens with zero attached hydrogens (tertiary/aromatic N) is 2. The highest BCUT2D eigenvalue weighted by molar-refractivity contribution is 5.89. The molecule has 24 heavy (non-hydrogen) atoms. The highest BCUT2D eigenvalue weighted by Crippen LogP contribution is 2.20. The molecule has 1 aliphatic rings. The summed E-state index contributed by atoms with van der Waals surface area (Å²) in [5.74, 6) is -0.384. The highest BCUT2D eigenvalue weighted by atomic mass is 16.6. The largest absolute Gasteiger partial charge is 0.383 e. The molecule has 8 nitrogen and oxygen atoms in total. The molecule has 130 valence electrons. The summed E-state index contributed by atoms with van der Waals surface area (Å²) in [7, 11) is 0. The fraction of sp³-hybridized carbons (Fsp3) is 0.500. The second kappa shape index (κ2) is 7.76. The number of benzene rings is 1. The number of rotatable bonds is 7. The number of non-ortho nitro benzene ring substituents is 1. The van der Waals surface area contributed by atoms with Crippen molar-refractivity contribution in [2.24, 2.45) is 5.92 Å². The van der Waals surface area contributed by atoms with Gasteiger partial charge in [0.25, 0.3) is 5.69 Å². The standard InChI is InChI=1S/C16H22N4O4/c1-11(2)19-10-12(9-15(19)21)16(22)18-8-7-17-13-3-5-14(6-4-13)20(23)24/h3-6,11-12,17H,7-10H2,1-2H3,(H,18,22)/t12-/m0/s1. The lowest BCUT2D eigenvalue weighted by Crippen LogP contribution is -2.37. The Morgan fingerprint density at radius 3 is 2.54 bits per heavy atom. The van der Waals surface area contributed by atoms with Crippen molar-refractivity contribution in [3.8, 4) is 0 Å². The van der Waals surface area contributed by atoms with Crippen molar-refractivity contribution in [3.05, 3.63) is 34.4 Å². The summed E-state index contributed by atoms with van der Waals surface area (Å²) in [4.78, 5) is 35.7. The zero-order valence-electron chi connectivity index (χ0n) is 13.8. The Morgan fingerprint density at radius 1 is 1.33 bits per heavy atom. The van der Waals surface area contributed by atoms with E-state index in [2.05, 4.69) is 10.6 Å². The molecule has 8 heteroatoms. The van der Waals surface area contributed by atoms with E-state index in [0.717, 1.165) is 5.69 Å². The Morgan fingerprint density at radius 2 is 2.00 bits per heavy atom. The maximum atomic E-state index is 12.1. The van der Waals surface area contributed by atoms with Crippen LogP contribution in [0.15, 0.2) is 24.3 Å². The first-order valence-electron chi connectivity index (χ1n) is 7.94. The number of nitro groups is 1. The van der Waals surface area contributed by atoms with Crippen molar-refractivity contribution in [2.45, 2.75) is 26.3 Å². The van der Waals surface area contributed by atoms with Crippen LogP contribution in [0.4, 0.5) is 11.4 Å². The molecule has 2 amide bonds. The van der Waals surface area contributed by atoms with Crippen molar-refractivity contribution >= 4 is 23.2 Å². The number of hydrogen-bond acceptors (Lipinski definition) is 5. The molecule has 0 unspecified atom stereocenters. The zero-order chi connectivity index (χ0) is 17.7. The highest BCUT2D eigenvalue weighted by Gasteiger charge is 2.35. The second-order valence-electron chi connectivity index (χ2n) is 6.06. The van der Waals surface area contributed by atoms with Crippen LogP contribution in [0.3, 0.4) is 0 Å². The van der Waals surface area contributed by atoms with E-state index in [1.165, 1.54) is 12.1 Å². The van der Waals surface area contributed by atoms with Crippen LogP contribution in [-0.4, -0.2) is 47.3 Å². The molecule has 0 spiro atoms. The predicted octanol–water partition coefficient (Wildman–Crippen LogP) is 1.38. The number of carbonyl (C=O) groups excluding carboxylic acids is 2. The lowest BCUT2D eigenvalue weighted by atomic mass is 10.1. The van der Waals surface area contributed by atoms with Gasteiger partial charge in [-0.15, -0.1) is 0 Å². The van der Waals surface area contributed by atoms with Gasteiger partial charge < -0.3 is 15.5 Å². The van der Waals surface area contributed by atoms with Gasteiger partial charge in [0.1, 0.15) is 0 Å². The fourth-order valence-electron chi connectivity index (χ4n) is 2.64. The molecule has 0 saturated carbocycles. The molecule has 0 bridgehead atoms. The number of hydrogen-bond donors (Lipinski definition) is 2. The Kier molecular flexibility index (Phi) is 5.73. The Hall–Kier alpha value is -2.64. The number of nitro benzene ring substituents is 1. The molecular formula is C16H22N4O4. The van der Waals surface area contributed by atoms with E-state index in [4.69, 9.17) is 0 Å². The minimum atomic E-state index is -0.451. The molecule has 1 aromatic rings. The normalized spacial score (nSPS) is 17.2. The topological polar surface area (TPSA) is 105 Å². The third kappa shape index (κ3) is 4.43. The Bertz CT molecular complexity index is 615. The average molecular weight is 334 g/mol. The molecule has 1 atom stereocenters. The number of anilines is 1. The van der Waals surface area contributed by atoms with Crippen LogP contribution in [0.25, 0.3) is 0 Å². The van der Waals surface area contributed by atoms with Gasteiger partial charge in [-0.3, -0.25) is 19.7 Å². The Labute approximate surface area is 140 Å². The fourth-order valence-corrected chi connectivity index (χ4v) is 2.64. The molecule has 0 radical (unpaired) electrons. The third-order valence-electron chi connectivity index (χ3n) is 3.98. The van der Waals surface area contributed by atoms with E-state index in [0.29, 0.717) is 19.6 Å². The van der Waals surface area contributed by atoms with Gasteiger partial charge in [0.15, 0.2) is 0 Å². The first-order chi connectivity index (χ1) is 11.4. The van der Waals surface area contributed by atoms with Gasteiger partial charge in [0.05, 0.1) is 10.8 Å². The summed E-state index contributed by atoms with van der Waals surface area (Å²) < 4.78 is 0. The first kappa shape index (κ1) is 17.7. The quantitative estimate of drug-likeness (QED) is 0.445. The van der Waals surface area contributed by atoms with Gasteiger partial charge in [-0.25, -0.2) is 0 Å². The maximum absolute atomic E-state index is 12.1. The van der Waals surface area contributed by atoms with E-state index in [1.807, 2.05) is 13.8 Å². The molecule has 1 fully saturated rings. The number of carbonyl (C=O) groups is 2. The van der Waals surface area contributed by atoms with Crippen molar-refractivity contribution in [2.75, 3.05) is 25.0 Å².